The van der Waals surface area contributed by atoms with Crippen molar-refractivity contribution >= 4 is 16.8 Å². The number of ether oxygens (including phenoxy) is 1. The van der Waals surface area contributed by atoms with Crippen LogP contribution in [-0.4, -0.2) is 24.0 Å². The summed E-state index contributed by atoms with van der Waals surface area (Å²) in [4.78, 5) is 27.7. The van der Waals surface area contributed by atoms with Crippen LogP contribution < -0.4 is 15.5 Å². The molecule has 5 heteroatoms. The number of carbonyl (C=O) groups excluding carboxylic acids is 1. The third-order valence-electron chi connectivity index (χ3n) is 4.02. The molecular formula is C16H18N2O3. The molecule has 0 radical (unpaired) electrons. The minimum Gasteiger partial charge on any atom is -0.497 e. The molecule has 0 atom stereocenters. The van der Waals surface area contributed by atoms with E-state index in [-0.39, 0.29) is 22.9 Å². The first kappa shape index (κ1) is 13.7. The second kappa shape index (κ2) is 5.60. The second-order valence-electron chi connectivity index (χ2n) is 5.40. The van der Waals surface area contributed by atoms with Crippen LogP contribution in [0.25, 0.3) is 10.9 Å². The van der Waals surface area contributed by atoms with E-state index in [1.165, 1.54) is 6.20 Å². The third-order valence-corrected chi connectivity index (χ3v) is 4.02. The first-order valence-electron chi connectivity index (χ1n) is 7.19. The minimum atomic E-state index is -0.298. The molecule has 0 bridgehead atoms. The monoisotopic (exact) mass is 286 g/mol. The van der Waals surface area contributed by atoms with Gasteiger partial charge in [-0.25, -0.2) is 0 Å². The summed E-state index contributed by atoms with van der Waals surface area (Å²) in [6, 6.07) is 5.39. The summed E-state index contributed by atoms with van der Waals surface area (Å²) < 4.78 is 5.13. The Morgan fingerprint density at radius 1 is 1.33 bits per heavy atom. The van der Waals surface area contributed by atoms with Crippen LogP contribution in [0, 0.1) is 0 Å². The number of fused-ring (bicyclic) bond motifs is 1. The van der Waals surface area contributed by atoms with E-state index in [1.807, 2.05) is 0 Å². The zero-order chi connectivity index (χ0) is 14.8. The molecule has 110 valence electrons. The molecule has 1 heterocycles. The molecule has 0 unspecified atom stereocenters. The van der Waals surface area contributed by atoms with Gasteiger partial charge in [-0.1, -0.05) is 12.8 Å². The number of H-pyrrole nitrogens is 1. The highest BCUT2D eigenvalue weighted by atomic mass is 16.5. The zero-order valence-corrected chi connectivity index (χ0v) is 11.9. The molecule has 1 amide bonds. The normalized spacial score (nSPS) is 15.3. The fourth-order valence-electron chi connectivity index (χ4n) is 2.83. The van der Waals surface area contributed by atoms with Crippen molar-refractivity contribution < 1.29 is 9.53 Å². The Kier molecular flexibility index (Phi) is 3.64. The quantitative estimate of drug-likeness (QED) is 0.908. The SMILES string of the molecule is COc1ccc2[nH]cc(C(=O)NC3CCCC3)c(=O)c2c1. The summed E-state index contributed by atoms with van der Waals surface area (Å²) >= 11 is 0. The Balaban J connectivity index is 1.96. The molecule has 0 spiro atoms. The van der Waals surface area contributed by atoms with E-state index in [2.05, 4.69) is 10.3 Å². The van der Waals surface area contributed by atoms with Crippen LogP contribution in [0.15, 0.2) is 29.2 Å². The summed E-state index contributed by atoms with van der Waals surface area (Å²) in [7, 11) is 1.55. The van der Waals surface area contributed by atoms with Gasteiger partial charge in [0.15, 0.2) is 0 Å². The van der Waals surface area contributed by atoms with Gasteiger partial charge >= 0.3 is 0 Å². The van der Waals surface area contributed by atoms with E-state index in [0.717, 1.165) is 25.7 Å². The maximum Gasteiger partial charge on any atom is 0.256 e. The van der Waals surface area contributed by atoms with Crippen LogP contribution in [0.5, 0.6) is 5.75 Å². The van der Waals surface area contributed by atoms with Gasteiger partial charge in [0.05, 0.1) is 7.11 Å². The molecular weight excluding hydrogens is 268 g/mol. The number of aromatic amines is 1. The van der Waals surface area contributed by atoms with Gasteiger partial charge in [-0.3, -0.25) is 9.59 Å². The van der Waals surface area contributed by atoms with Crippen LogP contribution >= 0.6 is 0 Å². The highest BCUT2D eigenvalue weighted by molar-refractivity contribution is 5.97. The van der Waals surface area contributed by atoms with Crippen LogP contribution in [0.3, 0.4) is 0 Å². The predicted octanol–water partition coefficient (Wildman–Crippen LogP) is 2.21. The smallest absolute Gasteiger partial charge is 0.256 e. The van der Waals surface area contributed by atoms with Gasteiger partial charge in [0.2, 0.25) is 5.43 Å². The van der Waals surface area contributed by atoms with Gasteiger partial charge in [0.25, 0.3) is 5.91 Å². The minimum absolute atomic E-state index is 0.155. The van der Waals surface area contributed by atoms with E-state index < -0.39 is 0 Å². The average Bonchev–Trinajstić information content (AvgIpc) is 3.00. The van der Waals surface area contributed by atoms with Crippen molar-refractivity contribution in [3.63, 3.8) is 0 Å². The van der Waals surface area contributed by atoms with Crippen LogP contribution in [-0.2, 0) is 0 Å². The number of rotatable bonds is 3. The summed E-state index contributed by atoms with van der Waals surface area (Å²) in [5, 5.41) is 3.41. The van der Waals surface area contributed by atoms with E-state index in [1.54, 1.807) is 25.3 Å². The molecule has 3 rings (SSSR count). The number of benzene rings is 1. The molecule has 2 N–H and O–H groups in total. The summed E-state index contributed by atoms with van der Waals surface area (Å²) in [6.45, 7) is 0. The molecule has 0 saturated heterocycles. The number of hydrogen-bond donors (Lipinski definition) is 2. The Bertz CT molecular complexity index is 730. The lowest BCUT2D eigenvalue weighted by molar-refractivity contribution is 0.0936. The number of pyridine rings is 1. The Labute approximate surface area is 122 Å². The van der Waals surface area contributed by atoms with Crippen molar-refractivity contribution in [2.24, 2.45) is 0 Å². The van der Waals surface area contributed by atoms with Crippen molar-refractivity contribution in [3.05, 3.63) is 40.2 Å². The van der Waals surface area contributed by atoms with Gasteiger partial charge in [-0.2, -0.15) is 0 Å². The summed E-state index contributed by atoms with van der Waals surface area (Å²) in [5.74, 6) is 0.300. The van der Waals surface area contributed by atoms with E-state index in [9.17, 15) is 9.59 Å². The second-order valence-corrected chi connectivity index (χ2v) is 5.40. The van der Waals surface area contributed by atoms with Crippen LogP contribution in [0.1, 0.15) is 36.0 Å². The molecule has 1 aliphatic rings. The molecule has 1 aromatic carbocycles. The third kappa shape index (κ3) is 2.63. The molecule has 5 nitrogen and oxygen atoms in total. The molecule has 21 heavy (non-hydrogen) atoms. The van der Waals surface area contributed by atoms with Gasteiger partial charge in [0.1, 0.15) is 11.3 Å². The lowest BCUT2D eigenvalue weighted by Crippen LogP contribution is -2.35. The number of carbonyl (C=O) groups is 1. The maximum atomic E-state index is 12.5. The predicted molar refractivity (Wildman–Crippen MR) is 80.8 cm³/mol. The maximum absolute atomic E-state index is 12.5. The Morgan fingerprint density at radius 3 is 2.81 bits per heavy atom. The van der Waals surface area contributed by atoms with Gasteiger partial charge in [-0.15, -0.1) is 0 Å². The lowest BCUT2D eigenvalue weighted by atomic mass is 10.1. The number of methoxy groups -OCH3 is 1. The number of aromatic nitrogens is 1. The Hall–Kier alpha value is -2.30. The number of nitrogens with one attached hydrogen (secondary N) is 2. The molecule has 2 aromatic rings. The Morgan fingerprint density at radius 2 is 2.10 bits per heavy atom. The largest absolute Gasteiger partial charge is 0.497 e. The molecule has 1 aromatic heterocycles. The fourth-order valence-corrected chi connectivity index (χ4v) is 2.83. The lowest BCUT2D eigenvalue weighted by Gasteiger charge is -2.12. The topological polar surface area (TPSA) is 71.2 Å². The van der Waals surface area contributed by atoms with Gasteiger partial charge in [0, 0.05) is 23.1 Å². The standard InChI is InChI=1S/C16H18N2O3/c1-21-11-6-7-14-12(8-11)15(19)13(9-17-14)16(20)18-10-4-2-3-5-10/h6-10H,2-5H2,1H3,(H,17,19)(H,18,20). The first-order chi connectivity index (χ1) is 10.2. The summed E-state index contributed by atoms with van der Waals surface area (Å²) in [5.41, 5.74) is 0.582. The molecule has 1 fully saturated rings. The number of hydrogen-bond acceptors (Lipinski definition) is 3. The highest BCUT2D eigenvalue weighted by Gasteiger charge is 2.20. The van der Waals surface area contributed by atoms with Crippen molar-refractivity contribution in [1.82, 2.24) is 10.3 Å². The fraction of sp³-hybridized carbons (Fsp3) is 0.375. The van der Waals surface area contributed by atoms with Crippen molar-refractivity contribution in [2.45, 2.75) is 31.7 Å². The molecule has 1 saturated carbocycles. The number of amides is 1. The van der Waals surface area contributed by atoms with Crippen LogP contribution in [0.2, 0.25) is 0 Å². The van der Waals surface area contributed by atoms with Gasteiger partial charge < -0.3 is 15.0 Å². The van der Waals surface area contributed by atoms with Crippen molar-refractivity contribution in [2.75, 3.05) is 7.11 Å². The summed E-state index contributed by atoms with van der Waals surface area (Å²) in [6.07, 6.45) is 5.74. The van der Waals surface area contributed by atoms with Crippen molar-refractivity contribution in [3.8, 4) is 5.75 Å². The first-order valence-corrected chi connectivity index (χ1v) is 7.19. The van der Waals surface area contributed by atoms with E-state index in [4.69, 9.17) is 4.74 Å². The highest BCUT2D eigenvalue weighted by Crippen LogP contribution is 2.19. The molecule has 1 aliphatic carbocycles. The van der Waals surface area contributed by atoms with Crippen molar-refractivity contribution in [1.29, 1.82) is 0 Å². The van der Waals surface area contributed by atoms with Crippen LogP contribution in [0.4, 0.5) is 0 Å². The van der Waals surface area contributed by atoms with Gasteiger partial charge in [-0.05, 0) is 31.0 Å². The van der Waals surface area contributed by atoms with E-state index >= 15 is 0 Å². The average molecular weight is 286 g/mol. The molecule has 0 aliphatic heterocycles. The van der Waals surface area contributed by atoms with E-state index in [0.29, 0.717) is 16.7 Å². The zero-order valence-electron chi connectivity index (χ0n) is 11.9.